The molecule has 3 aromatic rings. The summed E-state index contributed by atoms with van der Waals surface area (Å²) in [4.78, 5) is 20.4. The van der Waals surface area contributed by atoms with Crippen molar-refractivity contribution in [3.05, 3.63) is 65.5 Å². The predicted molar refractivity (Wildman–Crippen MR) is 125 cm³/mol. The molecule has 0 atom stereocenters. The molecule has 0 spiro atoms. The predicted octanol–water partition coefficient (Wildman–Crippen LogP) is 4.67. The van der Waals surface area contributed by atoms with E-state index in [1.165, 1.54) is 12.3 Å². The van der Waals surface area contributed by atoms with Crippen molar-refractivity contribution in [1.29, 1.82) is 0 Å². The second kappa shape index (κ2) is 11.2. The molecule has 0 amide bonds. The Morgan fingerprint density at radius 2 is 1.82 bits per heavy atom. The number of nitrogens with zero attached hydrogens (tertiary/aromatic N) is 4. The van der Waals surface area contributed by atoms with E-state index in [0.717, 1.165) is 42.8 Å². The average Bonchev–Trinajstić information content (AvgIpc) is 3.23. The maximum atomic E-state index is 11.5. The zero-order valence-electron chi connectivity index (χ0n) is 19.7. The Labute approximate surface area is 194 Å². The summed E-state index contributed by atoms with van der Waals surface area (Å²) in [7, 11) is 3.25. The molecule has 0 saturated carbocycles. The molecule has 33 heavy (non-hydrogen) atoms. The summed E-state index contributed by atoms with van der Waals surface area (Å²) in [5, 5.41) is 14.2. The highest BCUT2D eigenvalue weighted by Crippen LogP contribution is 2.30. The molecule has 0 saturated heterocycles. The van der Waals surface area contributed by atoms with E-state index >= 15 is 0 Å². The molecular formula is C25H32N4O4. The molecule has 8 heteroatoms. The minimum Gasteiger partial charge on any atom is -0.478 e. The van der Waals surface area contributed by atoms with Crippen molar-refractivity contribution in [3.8, 4) is 11.1 Å². The zero-order valence-corrected chi connectivity index (χ0v) is 19.7. The van der Waals surface area contributed by atoms with Gasteiger partial charge in [-0.05, 0) is 30.0 Å². The Bertz CT molecular complexity index is 1060. The molecule has 0 unspecified atom stereocenters. The van der Waals surface area contributed by atoms with Crippen LogP contribution in [0.15, 0.2) is 42.7 Å². The molecule has 0 fully saturated rings. The zero-order chi connectivity index (χ0) is 23.8. The van der Waals surface area contributed by atoms with Gasteiger partial charge in [0.15, 0.2) is 0 Å². The van der Waals surface area contributed by atoms with Crippen LogP contribution in [0.4, 0.5) is 0 Å². The third-order valence-electron chi connectivity index (χ3n) is 5.72. The van der Waals surface area contributed by atoms with Crippen LogP contribution in [-0.2, 0) is 28.2 Å². The number of methoxy groups -OCH3 is 2. The Balaban J connectivity index is 1.89. The number of hydrogen-bond acceptors (Lipinski definition) is 6. The number of hydrogen-bond donors (Lipinski definition) is 1. The third-order valence-corrected chi connectivity index (χ3v) is 5.72. The van der Waals surface area contributed by atoms with Gasteiger partial charge in [0.05, 0.1) is 5.56 Å². The molecule has 0 aliphatic heterocycles. The van der Waals surface area contributed by atoms with Gasteiger partial charge in [0.1, 0.15) is 5.82 Å². The number of rotatable bonds is 12. The van der Waals surface area contributed by atoms with Crippen LogP contribution in [-0.4, -0.2) is 45.0 Å². The summed E-state index contributed by atoms with van der Waals surface area (Å²) in [5.74, 6) is -0.551. The van der Waals surface area contributed by atoms with Gasteiger partial charge in [-0.25, -0.2) is 14.5 Å². The molecule has 8 nitrogen and oxygen atoms in total. The van der Waals surface area contributed by atoms with Crippen molar-refractivity contribution in [1.82, 2.24) is 19.7 Å². The minimum atomic E-state index is -0.973. The molecule has 2 heterocycles. The molecule has 0 bridgehead atoms. The number of pyridine rings is 1. The first-order valence-electron chi connectivity index (χ1n) is 11.3. The lowest BCUT2D eigenvalue weighted by molar-refractivity contribution is -0.226. The van der Waals surface area contributed by atoms with Crippen molar-refractivity contribution < 1.29 is 19.4 Å². The van der Waals surface area contributed by atoms with Crippen LogP contribution in [0.2, 0.25) is 0 Å². The van der Waals surface area contributed by atoms with Crippen LogP contribution in [0.1, 0.15) is 67.1 Å². The summed E-state index contributed by atoms with van der Waals surface area (Å²) >= 11 is 0. The maximum absolute atomic E-state index is 11.5. The van der Waals surface area contributed by atoms with Gasteiger partial charge < -0.3 is 14.6 Å². The topological polar surface area (TPSA) is 99.4 Å². The van der Waals surface area contributed by atoms with Gasteiger partial charge in [-0.3, -0.25) is 4.98 Å². The van der Waals surface area contributed by atoms with Crippen LogP contribution in [0.5, 0.6) is 0 Å². The van der Waals surface area contributed by atoms with Crippen molar-refractivity contribution in [2.75, 3.05) is 14.2 Å². The smallest absolute Gasteiger partial charge is 0.336 e. The molecule has 1 aromatic carbocycles. The van der Waals surface area contributed by atoms with Crippen LogP contribution in [0.3, 0.4) is 0 Å². The standard InChI is InChI=1S/C25H32N4O4/c1-5-7-13-25(32-3,33-4)24-27-22(29(28-24)15-6-2)16-18-8-10-19(11-9-18)21-17-26-14-12-20(21)23(30)31/h8-12,14,17H,5-7,13,15-16H2,1-4H3,(H,30,31). The fourth-order valence-electron chi connectivity index (χ4n) is 3.84. The Kier molecular flexibility index (Phi) is 8.30. The van der Waals surface area contributed by atoms with Gasteiger partial charge in [-0.15, -0.1) is 0 Å². The van der Waals surface area contributed by atoms with Crippen molar-refractivity contribution >= 4 is 5.97 Å². The molecule has 2 aromatic heterocycles. The molecule has 1 N–H and O–H groups in total. The van der Waals surface area contributed by atoms with E-state index in [4.69, 9.17) is 19.6 Å². The summed E-state index contributed by atoms with van der Waals surface area (Å²) in [6.45, 7) is 4.97. The van der Waals surface area contributed by atoms with Gasteiger partial charge in [-0.2, -0.15) is 5.10 Å². The van der Waals surface area contributed by atoms with Crippen molar-refractivity contribution in [3.63, 3.8) is 0 Å². The highest BCUT2D eigenvalue weighted by atomic mass is 16.7. The summed E-state index contributed by atoms with van der Waals surface area (Å²) < 4.78 is 13.4. The number of aryl methyl sites for hydroxylation is 1. The van der Waals surface area contributed by atoms with Crippen LogP contribution >= 0.6 is 0 Å². The molecule has 0 radical (unpaired) electrons. The first-order chi connectivity index (χ1) is 16.0. The van der Waals surface area contributed by atoms with Gasteiger partial charge in [0.25, 0.3) is 0 Å². The highest BCUT2D eigenvalue weighted by Gasteiger charge is 2.37. The highest BCUT2D eigenvalue weighted by molar-refractivity contribution is 5.95. The lowest BCUT2D eigenvalue weighted by Crippen LogP contribution is -2.32. The number of carbonyl (C=O) groups is 1. The first-order valence-corrected chi connectivity index (χ1v) is 11.3. The fourth-order valence-corrected chi connectivity index (χ4v) is 3.84. The fraction of sp³-hybridized carbons (Fsp3) is 0.440. The molecular weight excluding hydrogens is 420 g/mol. The van der Waals surface area contributed by atoms with Gasteiger partial charge >= 0.3 is 5.97 Å². The van der Waals surface area contributed by atoms with E-state index in [0.29, 0.717) is 24.2 Å². The van der Waals surface area contributed by atoms with E-state index in [1.54, 1.807) is 20.4 Å². The third kappa shape index (κ3) is 5.46. The molecule has 0 aliphatic carbocycles. The summed E-state index contributed by atoms with van der Waals surface area (Å²) in [5.41, 5.74) is 2.67. The largest absolute Gasteiger partial charge is 0.478 e. The maximum Gasteiger partial charge on any atom is 0.336 e. The number of carboxylic acids is 1. The Hall–Kier alpha value is -3.10. The van der Waals surface area contributed by atoms with E-state index in [2.05, 4.69) is 18.8 Å². The Morgan fingerprint density at radius 3 is 2.42 bits per heavy atom. The number of aromatic nitrogens is 4. The van der Waals surface area contributed by atoms with E-state index in [9.17, 15) is 9.90 Å². The first kappa shape index (κ1) is 24.5. The minimum absolute atomic E-state index is 0.229. The van der Waals surface area contributed by atoms with Gasteiger partial charge in [-0.1, -0.05) is 44.5 Å². The summed E-state index contributed by atoms with van der Waals surface area (Å²) in [6, 6.07) is 9.30. The normalized spacial score (nSPS) is 11.6. The second-order valence-corrected chi connectivity index (χ2v) is 7.94. The van der Waals surface area contributed by atoms with E-state index < -0.39 is 11.8 Å². The van der Waals surface area contributed by atoms with E-state index in [-0.39, 0.29) is 5.56 Å². The second-order valence-electron chi connectivity index (χ2n) is 7.94. The number of aromatic carboxylic acids is 1. The average molecular weight is 453 g/mol. The quantitative estimate of drug-likeness (QED) is 0.399. The number of unbranched alkanes of at least 4 members (excludes halogenated alkanes) is 1. The lowest BCUT2D eigenvalue weighted by Gasteiger charge is -2.27. The van der Waals surface area contributed by atoms with Crippen LogP contribution in [0.25, 0.3) is 11.1 Å². The molecule has 0 aliphatic rings. The number of carboxylic acid groups (broad SMARTS) is 1. The van der Waals surface area contributed by atoms with Crippen molar-refractivity contribution in [2.45, 2.75) is 58.3 Å². The monoisotopic (exact) mass is 452 g/mol. The summed E-state index contributed by atoms with van der Waals surface area (Å²) in [6.07, 6.45) is 7.21. The van der Waals surface area contributed by atoms with E-state index in [1.807, 2.05) is 28.9 Å². The number of benzene rings is 1. The van der Waals surface area contributed by atoms with Gasteiger partial charge in [0, 0.05) is 51.6 Å². The lowest BCUT2D eigenvalue weighted by atomic mass is 10.00. The SMILES string of the molecule is CCCCC(OC)(OC)c1nc(Cc2ccc(-c3cnccc3C(=O)O)cc2)n(CCC)n1. The Morgan fingerprint density at radius 1 is 1.09 bits per heavy atom. The van der Waals surface area contributed by atoms with Crippen molar-refractivity contribution in [2.24, 2.45) is 0 Å². The van der Waals surface area contributed by atoms with Crippen LogP contribution < -0.4 is 0 Å². The van der Waals surface area contributed by atoms with Gasteiger partial charge in [0.2, 0.25) is 11.6 Å². The molecule has 3 rings (SSSR count). The molecule has 176 valence electrons. The number of ether oxygens (including phenoxy) is 2. The van der Waals surface area contributed by atoms with Crippen LogP contribution in [0, 0.1) is 0 Å².